The molecule has 1 fully saturated rings. The maximum atomic E-state index is 13.3. The van der Waals surface area contributed by atoms with Crippen molar-refractivity contribution in [3.05, 3.63) is 58.2 Å². The van der Waals surface area contributed by atoms with Gasteiger partial charge in [-0.1, -0.05) is 22.9 Å². The molecule has 2 aromatic carbocycles. The van der Waals surface area contributed by atoms with Gasteiger partial charge in [0.15, 0.2) is 12.4 Å². The van der Waals surface area contributed by atoms with Gasteiger partial charge in [-0.25, -0.2) is 8.42 Å². The number of nitrogens with zero attached hydrogens (tertiary/aromatic N) is 3. The maximum Gasteiger partial charge on any atom is 0.265 e. The zero-order valence-electron chi connectivity index (χ0n) is 19.5. The van der Waals surface area contributed by atoms with Gasteiger partial charge in [-0.2, -0.15) is 4.98 Å². The van der Waals surface area contributed by atoms with E-state index in [1.807, 2.05) is 32.9 Å². The molecular formula is C24H26N4O5S. The maximum absolute atomic E-state index is 13.3. The van der Waals surface area contributed by atoms with E-state index in [1.54, 1.807) is 13.0 Å². The summed E-state index contributed by atoms with van der Waals surface area (Å²) in [5.74, 6) is 1.38. The molecule has 1 aliphatic carbocycles. The number of aromatic nitrogens is 2. The highest BCUT2D eigenvalue weighted by atomic mass is 32.2. The van der Waals surface area contributed by atoms with Gasteiger partial charge in [0.05, 0.1) is 22.8 Å². The highest BCUT2D eigenvalue weighted by molar-refractivity contribution is 7.92. The Hall–Kier alpha value is -3.40. The molecule has 1 N–H and O–H groups in total. The summed E-state index contributed by atoms with van der Waals surface area (Å²) in [6.07, 6.45) is 2.07. The van der Waals surface area contributed by atoms with Crippen molar-refractivity contribution in [2.75, 3.05) is 16.2 Å². The molecule has 1 saturated carbocycles. The molecule has 5 rings (SSSR count). The van der Waals surface area contributed by atoms with E-state index in [4.69, 9.17) is 9.26 Å². The summed E-state index contributed by atoms with van der Waals surface area (Å²) in [6.45, 7) is 7.33. The van der Waals surface area contributed by atoms with E-state index in [-0.39, 0.29) is 24.0 Å². The minimum atomic E-state index is -3.90. The van der Waals surface area contributed by atoms with Crippen molar-refractivity contribution in [2.45, 2.75) is 57.9 Å². The topological polar surface area (TPSA) is 115 Å². The van der Waals surface area contributed by atoms with Crippen LogP contribution in [0, 0.1) is 27.7 Å². The summed E-state index contributed by atoms with van der Waals surface area (Å²) >= 11 is 0. The first-order valence-corrected chi connectivity index (χ1v) is 12.6. The number of ether oxygens (including phenoxy) is 1. The van der Waals surface area contributed by atoms with Crippen LogP contribution in [0.3, 0.4) is 0 Å². The second kappa shape index (κ2) is 8.12. The number of fused-ring (bicyclic) bond motifs is 1. The van der Waals surface area contributed by atoms with Crippen LogP contribution in [0.15, 0.2) is 33.7 Å². The van der Waals surface area contributed by atoms with Crippen molar-refractivity contribution >= 4 is 27.3 Å². The quantitative estimate of drug-likeness (QED) is 0.566. The molecule has 0 saturated heterocycles. The van der Waals surface area contributed by atoms with Gasteiger partial charge in [-0.15, -0.1) is 0 Å². The third kappa shape index (κ3) is 4.13. The number of sulfonamides is 1. The van der Waals surface area contributed by atoms with Gasteiger partial charge in [-0.3, -0.25) is 14.4 Å². The van der Waals surface area contributed by atoms with E-state index >= 15 is 0 Å². The normalized spacial score (nSPS) is 15.8. The van der Waals surface area contributed by atoms with Crippen molar-refractivity contribution in [3.63, 3.8) is 0 Å². The predicted molar refractivity (Wildman–Crippen MR) is 126 cm³/mol. The number of nitrogens with one attached hydrogen (secondary N) is 1. The molecule has 178 valence electrons. The van der Waals surface area contributed by atoms with Crippen molar-refractivity contribution in [1.82, 2.24) is 10.1 Å². The third-order valence-corrected chi connectivity index (χ3v) is 7.60. The molecule has 0 spiro atoms. The Morgan fingerprint density at radius 2 is 1.76 bits per heavy atom. The average Bonchev–Trinajstić information content (AvgIpc) is 3.51. The fraction of sp³-hybridized carbons (Fsp3) is 0.375. The Bertz CT molecular complexity index is 1390. The fourth-order valence-corrected chi connectivity index (χ4v) is 5.74. The number of hydrogen-bond acceptors (Lipinski definition) is 7. The highest BCUT2D eigenvalue weighted by Crippen LogP contribution is 2.40. The Morgan fingerprint density at radius 3 is 2.44 bits per heavy atom. The lowest BCUT2D eigenvalue weighted by Gasteiger charge is -2.29. The smallest absolute Gasteiger partial charge is 0.265 e. The van der Waals surface area contributed by atoms with Gasteiger partial charge in [0.2, 0.25) is 5.89 Å². The number of hydrogen-bond donors (Lipinski definition) is 1. The van der Waals surface area contributed by atoms with Crippen LogP contribution < -0.4 is 14.4 Å². The number of carbonyl (C=O) groups is 1. The summed E-state index contributed by atoms with van der Waals surface area (Å²) in [6, 6.07) is 6.99. The Labute approximate surface area is 198 Å². The molecule has 1 aromatic heterocycles. The lowest BCUT2D eigenvalue weighted by atomic mass is 10.1. The van der Waals surface area contributed by atoms with E-state index in [2.05, 4.69) is 14.9 Å². The minimum absolute atomic E-state index is 0.0931. The number of rotatable bonds is 6. The first-order chi connectivity index (χ1) is 16.1. The molecule has 2 aliphatic rings. The zero-order valence-corrected chi connectivity index (χ0v) is 20.3. The van der Waals surface area contributed by atoms with Crippen molar-refractivity contribution in [1.29, 1.82) is 0 Å². The number of amides is 1. The number of carbonyl (C=O) groups excluding carboxylic acids is 1. The van der Waals surface area contributed by atoms with Crippen LogP contribution in [-0.4, -0.2) is 31.1 Å². The molecule has 2 heterocycles. The van der Waals surface area contributed by atoms with E-state index in [1.165, 1.54) is 11.0 Å². The standard InChI is InChI=1S/C24H26N4O5S/c1-13-7-15(3)23(16(4)8-13)27-34(30,31)20-10-19-18(9-14(20)2)28(22(29)12-32-19)11-21-25-24(33-26-21)17-5-6-17/h7-10,17,27H,5-6,11-12H2,1-4H3. The van der Waals surface area contributed by atoms with Crippen LogP contribution in [0.2, 0.25) is 0 Å². The van der Waals surface area contributed by atoms with Crippen molar-refractivity contribution < 1.29 is 22.5 Å². The molecule has 34 heavy (non-hydrogen) atoms. The van der Waals surface area contributed by atoms with Gasteiger partial charge in [0.1, 0.15) is 5.75 Å². The van der Waals surface area contributed by atoms with Crippen LogP contribution >= 0.6 is 0 Å². The molecule has 1 amide bonds. The van der Waals surface area contributed by atoms with Crippen molar-refractivity contribution in [2.24, 2.45) is 0 Å². The first-order valence-electron chi connectivity index (χ1n) is 11.1. The molecular weight excluding hydrogens is 456 g/mol. The third-order valence-electron chi connectivity index (χ3n) is 6.11. The predicted octanol–water partition coefficient (Wildman–Crippen LogP) is 3.91. The van der Waals surface area contributed by atoms with Crippen molar-refractivity contribution in [3.8, 4) is 5.75 Å². The lowest BCUT2D eigenvalue weighted by Crippen LogP contribution is -2.38. The van der Waals surface area contributed by atoms with Crippen LogP contribution in [-0.2, 0) is 21.4 Å². The lowest BCUT2D eigenvalue weighted by molar-refractivity contribution is -0.121. The van der Waals surface area contributed by atoms with Gasteiger partial charge in [-0.05, 0) is 63.3 Å². The average molecular weight is 483 g/mol. The summed E-state index contributed by atoms with van der Waals surface area (Å²) < 4.78 is 40.3. The first kappa shape index (κ1) is 22.4. The summed E-state index contributed by atoms with van der Waals surface area (Å²) in [5, 5.41) is 4.00. The summed E-state index contributed by atoms with van der Waals surface area (Å²) in [7, 11) is -3.90. The van der Waals surface area contributed by atoms with Gasteiger partial charge < -0.3 is 9.26 Å². The summed E-state index contributed by atoms with van der Waals surface area (Å²) in [4.78, 5) is 18.6. The number of benzene rings is 2. The van der Waals surface area contributed by atoms with Crippen LogP contribution in [0.4, 0.5) is 11.4 Å². The molecule has 9 nitrogen and oxygen atoms in total. The van der Waals surface area contributed by atoms with Gasteiger partial charge in [0, 0.05) is 12.0 Å². The molecule has 1 aliphatic heterocycles. The van der Waals surface area contributed by atoms with Crippen LogP contribution in [0.1, 0.15) is 52.7 Å². The molecule has 0 atom stereocenters. The SMILES string of the molecule is Cc1cc(C)c(NS(=O)(=O)c2cc3c(cc2C)N(Cc2noc(C4CC4)n2)C(=O)CO3)c(C)c1. The largest absolute Gasteiger partial charge is 0.482 e. The monoisotopic (exact) mass is 482 g/mol. The fourth-order valence-electron chi connectivity index (χ4n) is 4.29. The minimum Gasteiger partial charge on any atom is -0.482 e. The Morgan fingerprint density at radius 1 is 1.06 bits per heavy atom. The van der Waals surface area contributed by atoms with E-state index < -0.39 is 10.0 Å². The van der Waals surface area contributed by atoms with Crippen LogP contribution in [0.5, 0.6) is 5.75 Å². The second-order valence-corrected chi connectivity index (χ2v) is 10.7. The summed E-state index contributed by atoms with van der Waals surface area (Å²) in [5.41, 5.74) is 4.28. The van der Waals surface area contributed by atoms with Crippen LogP contribution in [0.25, 0.3) is 0 Å². The van der Waals surface area contributed by atoms with Gasteiger partial charge >= 0.3 is 0 Å². The van der Waals surface area contributed by atoms with E-state index in [0.717, 1.165) is 29.5 Å². The molecule has 10 heteroatoms. The zero-order chi connectivity index (χ0) is 24.2. The molecule has 0 radical (unpaired) electrons. The Balaban J connectivity index is 1.46. The molecule has 0 unspecified atom stereocenters. The van der Waals surface area contributed by atoms with E-state index in [0.29, 0.717) is 40.3 Å². The number of aryl methyl sites for hydroxylation is 4. The molecule has 3 aromatic rings. The van der Waals surface area contributed by atoms with E-state index in [9.17, 15) is 13.2 Å². The highest BCUT2D eigenvalue weighted by Gasteiger charge is 2.33. The second-order valence-electron chi connectivity index (χ2n) is 9.06. The number of anilines is 2. The Kier molecular flexibility index (Phi) is 5.35. The van der Waals surface area contributed by atoms with Gasteiger partial charge in [0.25, 0.3) is 15.9 Å². The molecule has 0 bridgehead atoms.